The van der Waals surface area contributed by atoms with E-state index >= 15 is 0 Å². The van der Waals surface area contributed by atoms with Crippen LogP contribution in [0.15, 0.2) is 30.3 Å². The number of amides is 1. The van der Waals surface area contributed by atoms with Crippen LogP contribution in [-0.4, -0.2) is 18.5 Å². The molecule has 1 amide bonds. The second-order valence-electron chi connectivity index (χ2n) is 7.35. The summed E-state index contributed by atoms with van der Waals surface area (Å²) in [5, 5.41) is 3.33. The van der Waals surface area contributed by atoms with E-state index in [0.29, 0.717) is 24.4 Å². The van der Waals surface area contributed by atoms with E-state index in [1.54, 1.807) is 0 Å². The van der Waals surface area contributed by atoms with Crippen LogP contribution in [0.4, 0.5) is 0 Å². The number of hydrogen-bond donors (Lipinski definition) is 2. The van der Waals surface area contributed by atoms with Crippen molar-refractivity contribution in [3.05, 3.63) is 35.9 Å². The Balaban J connectivity index is 1.50. The molecule has 0 aromatic heterocycles. The van der Waals surface area contributed by atoms with Crippen molar-refractivity contribution in [3.63, 3.8) is 0 Å². The van der Waals surface area contributed by atoms with Gasteiger partial charge in [-0.1, -0.05) is 43.2 Å². The zero-order chi connectivity index (χ0) is 16.1. The fraction of sp³-hybridized carbons (Fsp3) is 0.650. The summed E-state index contributed by atoms with van der Waals surface area (Å²) in [6.07, 6.45) is 9.06. The first kappa shape index (κ1) is 16.5. The highest BCUT2D eigenvalue weighted by Gasteiger charge is 2.31. The second-order valence-corrected chi connectivity index (χ2v) is 7.35. The number of nitrogens with one attached hydrogen (secondary N) is 1. The SMILES string of the molecule is NCC1CCCCC1NC(=O)C1CCC(c2ccccc2)CC1. The molecule has 2 atom stereocenters. The molecule has 0 radical (unpaired) electrons. The number of nitrogens with two attached hydrogens (primary N) is 1. The van der Waals surface area contributed by atoms with Crippen LogP contribution >= 0.6 is 0 Å². The van der Waals surface area contributed by atoms with Crippen molar-refractivity contribution in [1.82, 2.24) is 5.32 Å². The summed E-state index contributed by atoms with van der Waals surface area (Å²) in [4.78, 5) is 12.6. The molecule has 0 bridgehead atoms. The van der Waals surface area contributed by atoms with Crippen molar-refractivity contribution in [1.29, 1.82) is 0 Å². The summed E-state index contributed by atoms with van der Waals surface area (Å²) in [6, 6.07) is 11.1. The number of carbonyl (C=O) groups excluding carboxylic acids is 1. The smallest absolute Gasteiger partial charge is 0.223 e. The summed E-state index contributed by atoms with van der Waals surface area (Å²) in [6.45, 7) is 0.700. The van der Waals surface area contributed by atoms with Crippen LogP contribution in [0.25, 0.3) is 0 Å². The third kappa shape index (κ3) is 4.14. The van der Waals surface area contributed by atoms with E-state index in [1.807, 2.05) is 0 Å². The molecular formula is C20H30N2O. The standard InChI is InChI=1S/C20H30N2O/c21-14-18-8-4-5-9-19(18)22-20(23)17-12-10-16(11-13-17)15-6-2-1-3-7-15/h1-3,6-7,16-19H,4-5,8-14,21H2,(H,22,23). The molecular weight excluding hydrogens is 284 g/mol. The Morgan fingerprint density at radius 2 is 1.70 bits per heavy atom. The minimum absolute atomic E-state index is 0.204. The lowest BCUT2D eigenvalue weighted by molar-refractivity contribution is -0.127. The average Bonchev–Trinajstić information content (AvgIpc) is 2.63. The molecule has 0 heterocycles. The molecule has 0 aliphatic heterocycles. The van der Waals surface area contributed by atoms with Crippen molar-refractivity contribution < 1.29 is 4.79 Å². The highest BCUT2D eigenvalue weighted by molar-refractivity contribution is 5.79. The van der Waals surface area contributed by atoms with E-state index < -0.39 is 0 Å². The van der Waals surface area contributed by atoms with E-state index in [1.165, 1.54) is 24.8 Å². The Labute approximate surface area is 140 Å². The quantitative estimate of drug-likeness (QED) is 0.892. The lowest BCUT2D eigenvalue weighted by atomic mass is 9.78. The predicted octanol–water partition coefficient (Wildman–Crippen LogP) is 3.59. The Hall–Kier alpha value is -1.35. The van der Waals surface area contributed by atoms with Crippen LogP contribution in [0.2, 0.25) is 0 Å². The number of benzene rings is 1. The van der Waals surface area contributed by atoms with Gasteiger partial charge in [-0.15, -0.1) is 0 Å². The van der Waals surface area contributed by atoms with Gasteiger partial charge in [-0.05, 0) is 62.5 Å². The molecule has 3 nitrogen and oxygen atoms in total. The zero-order valence-corrected chi connectivity index (χ0v) is 14.0. The van der Waals surface area contributed by atoms with Gasteiger partial charge in [0.1, 0.15) is 0 Å². The predicted molar refractivity (Wildman–Crippen MR) is 94.1 cm³/mol. The number of rotatable bonds is 4. The Kier molecular flexibility index (Phi) is 5.71. The maximum Gasteiger partial charge on any atom is 0.223 e. The summed E-state index contributed by atoms with van der Waals surface area (Å²) in [5.74, 6) is 1.59. The fourth-order valence-corrected chi connectivity index (χ4v) is 4.39. The summed E-state index contributed by atoms with van der Waals surface area (Å²) < 4.78 is 0. The monoisotopic (exact) mass is 314 g/mol. The van der Waals surface area contributed by atoms with Crippen LogP contribution < -0.4 is 11.1 Å². The largest absolute Gasteiger partial charge is 0.353 e. The Bertz CT molecular complexity index is 494. The topological polar surface area (TPSA) is 55.1 Å². The van der Waals surface area contributed by atoms with Gasteiger partial charge >= 0.3 is 0 Å². The van der Waals surface area contributed by atoms with Gasteiger partial charge in [0.15, 0.2) is 0 Å². The van der Waals surface area contributed by atoms with E-state index in [2.05, 4.69) is 35.6 Å². The van der Waals surface area contributed by atoms with Crippen LogP contribution in [0.3, 0.4) is 0 Å². The van der Waals surface area contributed by atoms with Gasteiger partial charge in [0.25, 0.3) is 0 Å². The molecule has 2 fully saturated rings. The lowest BCUT2D eigenvalue weighted by Crippen LogP contribution is -2.47. The van der Waals surface area contributed by atoms with Gasteiger partial charge in [0.2, 0.25) is 5.91 Å². The maximum atomic E-state index is 12.6. The number of carbonyl (C=O) groups is 1. The molecule has 3 rings (SSSR count). The van der Waals surface area contributed by atoms with E-state index in [0.717, 1.165) is 32.1 Å². The Morgan fingerprint density at radius 3 is 2.39 bits per heavy atom. The third-order valence-corrected chi connectivity index (χ3v) is 5.91. The van der Waals surface area contributed by atoms with Crippen molar-refractivity contribution in [3.8, 4) is 0 Å². The minimum Gasteiger partial charge on any atom is -0.353 e. The minimum atomic E-state index is 0.204. The second kappa shape index (κ2) is 7.96. The molecule has 0 saturated heterocycles. The highest BCUT2D eigenvalue weighted by Crippen LogP contribution is 2.36. The van der Waals surface area contributed by atoms with Crippen molar-refractivity contribution in [2.45, 2.75) is 63.3 Å². The van der Waals surface area contributed by atoms with Crippen molar-refractivity contribution in [2.24, 2.45) is 17.6 Å². The molecule has 2 saturated carbocycles. The molecule has 2 unspecified atom stereocenters. The molecule has 23 heavy (non-hydrogen) atoms. The molecule has 3 N–H and O–H groups in total. The maximum absolute atomic E-state index is 12.6. The normalized spacial score (nSPS) is 31.5. The van der Waals surface area contributed by atoms with Gasteiger partial charge in [-0.2, -0.15) is 0 Å². The molecule has 2 aliphatic rings. The molecule has 2 aliphatic carbocycles. The molecule has 1 aromatic rings. The van der Waals surface area contributed by atoms with E-state index in [9.17, 15) is 4.79 Å². The molecule has 126 valence electrons. The average molecular weight is 314 g/mol. The van der Waals surface area contributed by atoms with Gasteiger partial charge < -0.3 is 11.1 Å². The molecule has 1 aromatic carbocycles. The van der Waals surface area contributed by atoms with Crippen LogP contribution in [-0.2, 0) is 4.79 Å². The van der Waals surface area contributed by atoms with Crippen LogP contribution in [0, 0.1) is 11.8 Å². The van der Waals surface area contributed by atoms with E-state index in [4.69, 9.17) is 5.73 Å². The fourth-order valence-electron chi connectivity index (χ4n) is 4.39. The molecule has 0 spiro atoms. The van der Waals surface area contributed by atoms with Crippen LogP contribution in [0.1, 0.15) is 62.8 Å². The summed E-state index contributed by atoms with van der Waals surface area (Å²) >= 11 is 0. The lowest BCUT2D eigenvalue weighted by Gasteiger charge is -2.34. The van der Waals surface area contributed by atoms with Gasteiger partial charge in [0, 0.05) is 12.0 Å². The molecule has 3 heteroatoms. The van der Waals surface area contributed by atoms with Gasteiger partial charge in [0.05, 0.1) is 0 Å². The van der Waals surface area contributed by atoms with Crippen molar-refractivity contribution in [2.75, 3.05) is 6.54 Å². The summed E-state index contributed by atoms with van der Waals surface area (Å²) in [7, 11) is 0. The number of hydrogen-bond acceptors (Lipinski definition) is 2. The van der Waals surface area contributed by atoms with E-state index in [-0.39, 0.29) is 11.8 Å². The first-order valence-electron chi connectivity index (χ1n) is 9.33. The highest BCUT2D eigenvalue weighted by atomic mass is 16.1. The van der Waals surface area contributed by atoms with Gasteiger partial charge in [-0.25, -0.2) is 0 Å². The first-order valence-corrected chi connectivity index (χ1v) is 9.33. The van der Waals surface area contributed by atoms with Crippen LogP contribution in [0.5, 0.6) is 0 Å². The third-order valence-electron chi connectivity index (χ3n) is 5.91. The van der Waals surface area contributed by atoms with Gasteiger partial charge in [-0.3, -0.25) is 4.79 Å². The Morgan fingerprint density at radius 1 is 1.00 bits per heavy atom. The zero-order valence-electron chi connectivity index (χ0n) is 14.0. The summed E-state index contributed by atoms with van der Waals surface area (Å²) in [5.41, 5.74) is 7.31. The van der Waals surface area contributed by atoms with Crippen molar-refractivity contribution >= 4 is 5.91 Å². The first-order chi connectivity index (χ1) is 11.3.